The van der Waals surface area contributed by atoms with Crippen LogP contribution in [0.25, 0.3) is 0 Å². The van der Waals surface area contributed by atoms with Crippen LogP contribution in [0.15, 0.2) is 18.2 Å². The quantitative estimate of drug-likeness (QED) is 0.421. The summed E-state index contributed by atoms with van der Waals surface area (Å²) < 4.78 is 91.2. The Balaban J connectivity index is 2.81. The molecule has 0 bridgehead atoms. The highest BCUT2D eigenvalue weighted by atomic mass is 28.3. The normalized spacial score (nSPS) is 12.9. The first-order valence-electron chi connectivity index (χ1n) is 6.53. The average Bonchev–Trinajstić information content (AvgIpc) is 2.45. The molecule has 0 spiro atoms. The van der Waals surface area contributed by atoms with E-state index in [1.54, 1.807) is 0 Å². The van der Waals surface area contributed by atoms with Gasteiger partial charge in [0.1, 0.15) is 0 Å². The Bertz CT molecular complexity index is 467. The fraction of sp³-hybridized carbons (Fsp3) is 0.538. The van der Waals surface area contributed by atoms with Gasteiger partial charge in [-0.1, -0.05) is 0 Å². The van der Waals surface area contributed by atoms with Crippen LogP contribution in [-0.4, -0.2) is 30.4 Å². The third-order valence-corrected chi connectivity index (χ3v) is 4.17. The lowest BCUT2D eigenvalue weighted by atomic mass is 10.0. The van der Waals surface area contributed by atoms with E-state index in [2.05, 4.69) is 0 Å². The molecule has 23 heavy (non-hydrogen) atoms. The van der Waals surface area contributed by atoms with E-state index in [0.29, 0.717) is 0 Å². The molecule has 132 valence electrons. The zero-order valence-electron chi connectivity index (χ0n) is 12.4. The van der Waals surface area contributed by atoms with Crippen LogP contribution in [0.3, 0.4) is 0 Å². The fourth-order valence-electron chi connectivity index (χ4n) is 1.85. The molecule has 1 rings (SSSR count). The van der Waals surface area contributed by atoms with Gasteiger partial charge in [-0.3, -0.25) is 0 Å². The topological polar surface area (TPSA) is 27.7 Å². The number of hydrogen-bond acceptors (Lipinski definition) is 3. The van der Waals surface area contributed by atoms with E-state index in [4.69, 9.17) is 13.3 Å². The maximum absolute atomic E-state index is 12.7. The van der Waals surface area contributed by atoms with E-state index in [0.717, 1.165) is 12.1 Å². The molecule has 0 aliphatic heterocycles. The van der Waals surface area contributed by atoms with Crippen LogP contribution in [0, 0.1) is 0 Å². The molecule has 10 heteroatoms. The van der Waals surface area contributed by atoms with Crippen molar-refractivity contribution in [3.05, 3.63) is 34.9 Å². The van der Waals surface area contributed by atoms with Gasteiger partial charge in [-0.2, -0.15) is 26.3 Å². The van der Waals surface area contributed by atoms with Crippen molar-refractivity contribution in [3.63, 3.8) is 0 Å². The molecule has 0 unspecified atom stereocenters. The average molecular weight is 362 g/mol. The van der Waals surface area contributed by atoms with Gasteiger partial charge in [-0.15, -0.1) is 0 Å². The van der Waals surface area contributed by atoms with Crippen molar-refractivity contribution in [2.75, 3.05) is 20.8 Å². The maximum atomic E-state index is 12.7. The molecular weight excluding hydrogens is 346 g/mol. The second kappa shape index (κ2) is 8.13. The summed E-state index contributed by atoms with van der Waals surface area (Å²) in [5.41, 5.74) is -2.68. The molecule has 0 saturated carbocycles. The van der Waals surface area contributed by atoms with Gasteiger partial charge >= 0.3 is 21.9 Å². The van der Waals surface area contributed by atoms with E-state index >= 15 is 0 Å². The summed E-state index contributed by atoms with van der Waals surface area (Å²) in [5.74, 6) is 0. The van der Waals surface area contributed by atoms with Crippen molar-refractivity contribution in [1.29, 1.82) is 0 Å². The van der Waals surface area contributed by atoms with E-state index < -0.39 is 33.0 Å². The lowest BCUT2D eigenvalue weighted by Gasteiger charge is -2.15. The first-order valence-corrected chi connectivity index (χ1v) is 7.95. The Morgan fingerprint density at radius 1 is 0.870 bits per heavy atom. The van der Waals surface area contributed by atoms with E-state index in [-0.39, 0.29) is 31.1 Å². The van der Waals surface area contributed by atoms with E-state index in [1.807, 2.05) is 0 Å². The Labute approximate surface area is 131 Å². The highest BCUT2D eigenvalue weighted by Crippen LogP contribution is 2.36. The molecule has 0 aliphatic rings. The molecule has 0 aromatic heterocycles. The second-order valence-electron chi connectivity index (χ2n) is 4.65. The molecule has 1 aromatic rings. The summed E-state index contributed by atoms with van der Waals surface area (Å²) in [6.45, 7) is 0.121. The Morgan fingerprint density at radius 3 is 1.74 bits per heavy atom. The molecule has 0 N–H and O–H groups in total. The minimum absolute atomic E-state index is 0.0154. The highest BCUT2D eigenvalue weighted by Gasteiger charge is 2.36. The molecule has 0 aliphatic carbocycles. The van der Waals surface area contributed by atoms with Crippen LogP contribution >= 0.6 is 0 Å². The van der Waals surface area contributed by atoms with Crippen molar-refractivity contribution < 1.29 is 39.6 Å². The minimum Gasteiger partial charge on any atom is -0.379 e. The molecular formula is C13H16F6O3Si. The number of alkyl halides is 6. The Kier molecular flexibility index (Phi) is 7.05. The molecule has 0 atom stereocenters. The largest absolute Gasteiger partial charge is 0.483 e. The molecule has 1 aromatic carbocycles. The monoisotopic (exact) mass is 362 g/mol. The van der Waals surface area contributed by atoms with Crippen LogP contribution in [0.4, 0.5) is 26.3 Å². The summed E-state index contributed by atoms with van der Waals surface area (Å²) in [5, 5.41) is 0. The molecule has 0 heterocycles. The SMILES string of the molecule is CO[SiH](OC)OCCCc1cc(C(F)(F)F)cc(C(F)(F)F)c1. The van der Waals surface area contributed by atoms with Crippen LogP contribution in [0.2, 0.25) is 0 Å². The Morgan fingerprint density at radius 2 is 1.35 bits per heavy atom. The van der Waals surface area contributed by atoms with Crippen LogP contribution in [0.1, 0.15) is 23.1 Å². The number of halogens is 6. The standard InChI is InChI=1S/C13H16F6O3Si/c1-20-23(21-2)22-5-3-4-9-6-10(12(14,15)16)8-11(7-9)13(17,18)19/h6-8,23H,3-5H2,1-2H3. The summed E-state index contributed by atoms with van der Waals surface area (Å²) in [7, 11) is 0.531. The van der Waals surface area contributed by atoms with Gasteiger partial charge in [0.15, 0.2) is 0 Å². The van der Waals surface area contributed by atoms with Crippen molar-refractivity contribution >= 4 is 9.53 Å². The smallest absolute Gasteiger partial charge is 0.379 e. The number of aryl methyl sites for hydroxylation is 1. The summed E-state index contributed by atoms with van der Waals surface area (Å²) in [4.78, 5) is 0. The Hall–Kier alpha value is -1.10. The molecule has 0 radical (unpaired) electrons. The summed E-state index contributed by atoms with van der Waals surface area (Å²) in [6, 6.07) is 1.55. The van der Waals surface area contributed by atoms with Gasteiger partial charge in [0.2, 0.25) is 0 Å². The van der Waals surface area contributed by atoms with Gasteiger partial charge in [0, 0.05) is 20.8 Å². The van der Waals surface area contributed by atoms with Gasteiger partial charge in [-0.25, -0.2) is 0 Å². The minimum atomic E-state index is -4.84. The fourth-order valence-corrected chi connectivity index (χ4v) is 2.68. The maximum Gasteiger partial charge on any atom is 0.483 e. The van der Waals surface area contributed by atoms with Crippen molar-refractivity contribution in [2.24, 2.45) is 0 Å². The first-order chi connectivity index (χ1) is 10.6. The molecule has 0 saturated heterocycles. The van der Waals surface area contributed by atoms with Crippen molar-refractivity contribution in [3.8, 4) is 0 Å². The lowest BCUT2D eigenvalue weighted by Crippen LogP contribution is -2.24. The number of rotatable bonds is 7. The van der Waals surface area contributed by atoms with E-state index in [9.17, 15) is 26.3 Å². The zero-order chi connectivity index (χ0) is 17.7. The van der Waals surface area contributed by atoms with Crippen LogP contribution in [0.5, 0.6) is 0 Å². The number of hydrogen-bond donors (Lipinski definition) is 0. The van der Waals surface area contributed by atoms with E-state index in [1.165, 1.54) is 14.2 Å². The van der Waals surface area contributed by atoms with Crippen LogP contribution in [-0.2, 0) is 32.1 Å². The van der Waals surface area contributed by atoms with Crippen molar-refractivity contribution in [2.45, 2.75) is 25.2 Å². The molecule has 3 nitrogen and oxygen atoms in total. The summed E-state index contributed by atoms with van der Waals surface area (Å²) >= 11 is 0. The molecule has 0 fully saturated rings. The van der Waals surface area contributed by atoms with Gasteiger partial charge in [0.05, 0.1) is 11.1 Å². The highest BCUT2D eigenvalue weighted by molar-refractivity contribution is 6.36. The lowest BCUT2D eigenvalue weighted by molar-refractivity contribution is -0.143. The predicted molar refractivity (Wildman–Crippen MR) is 71.9 cm³/mol. The number of benzene rings is 1. The third kappa shape index (κ3) is 6.49. The van der Waals surface area contributed by atoms with Gasteiger partial charge < -0.3 is 13.3 Å². The predicted octanol–water partition coefficient (Wildman–Crippen LogP) is 3.68. The second-order valence-corrected chi connectivity index (χ2v) is 6.50. The molecule has 0 amide bonds. The first kappa shape index (κ1) is 19.9. The third-order valence-electron chi connectivity index (χ3n) is 2.90. The van der Waals surface area contributed by atoms with Gasteiger partial charge in [0.25, 0.3) is 0 Å². The van der Waals surface area contributed by atoms with Crippen LogP contribution < -0.4 is 0 Å². The summed E-state index contributed by atoms with van der Waals surface area (Å²) in [6.07, 6.45) is -9.41. The van der Waals surface area contributed by atoms with Crippen molar-refractivity contribution in [1.82, 2.24) is 0 Å². The zero-order valence-corrected chi connectivity index (χ0v) is 13.6. The van der Waals surface area contributed by atoms with Gasteiger partial charge in [-0.05, 0) is 36.6 Å².